The molecule has 2 heterocycles. The Morgan fingerprint density at radius 1 is 1.14 bits per heavy atom. The Bertz CT molecular complexity index is 1310. The molecule has 1 aliphatic heterocycles. The van der Waals surface area contributed by atoms with E-state index >= 15 is 0 Å². The van der Waals surface area contributed by atoms with Crippen molar-refractivity contribution >= 4 is 23.7 Å². The van der Waals surface area contributed by atoms with Crippen molar-refractivity contribution in [3.63, 3.8) is 0 Å². The lowest BCUT2D eigenvalue weighted by Crippen LogP contribution is -2.45. The highest BCUT2D eigenvalue weighted by molar-refractivity contribution is 6.32. The van der Waals surface area contributed by atoms with Gasteiger partial charge in [-0.2, -0.15) is 13.2 Å². The smallest absolute Gasteiger partial charge is 0.417 e. The Labute approximate surface area is 214 Å². The number of esters is 1. The molecular weight excluding hydrogens is 519 g/mol. The summed E-state index contributed by atoms with van der Waals surface area (Å²) in [5.41, 5.74) is -3.37. The number of benzene rings is 1. The van der Waals surface area contributed by atoms with Crippen LogP contribution in [0.5, 0.6) is 0 Å². The molecule has 1 aromatic carbocycles. The van der Waals surface area contributed by atoms with Crippen molar-refractivity contribution in [1.82, 2.24) is 14.0 Å². The third kappa shape index (κ3) is 5.39. The van der Waals surface area contributed by atoms with E-state index in [1.807, 2.05) is 0 Å². The van der Waals surface area contributed by atoms with Crippen LogP contribution < -0.4 is 11.2 Å². The van der Waals surface area contributed by atoms with E-state index in [-0.39, 0.29) is 24.3 Å². The summed E-state index contributed by atoms with van der Waals surface area (Å²) in [6.07, 6.45) is -1.87. The summed E-state index contributed by atoms with van der Waals surface area (Å²) in [6, 6.07) is 2.76. The first-order chi connectivity index (χ1) is 17.5. The van der Waals surface area contributed by atoms with Gasteiger partial charge in [-0.05, 0) is 44.2 Å². The molecule has 0 atom stereocenters. The highest BCUT2D eigenvalue weighted by atomic mass is 35.5. The predicted molar refractivity (Wildman–Crippen MR) is 126 cm³/mol. The highest BCUT2D eigenvalue weighted by Gasteiger charge is 2.35. The van der Waals surface area contributed by atoms with E-state index in [1.165, 1.54) is 10.6 Å². The SMILES string of the molecule is CCOC(=O)c1cn(C2CCC(N3CCOC3=O)CC2)c(=O)n(Cc2cccc(C(F)(F)F)c2Cl)c1=O. The van der Waals surface area contributed by atoms with Crippen molar-refractivity contribution in [2.75, 3.05) is 19.8 Å². The summed E-state index contributed by atoms with van der Waals surface area (Å²) in [6.45, 7) is 1.78. The van der Waals surface area contributed by atoms with Crippen molar-refractivity contribution in [2.45, 2.75) is 57.4 Å². The van der Waals surface area contributed by atoms with Gasteiger partial charge in [0.25, 0.3) is 5.56 Å². The van der Waals surface area contributed by atoms with E-state index in [2.05, 4.69) is 0 Å². The number of hydrogen-bond donors (Lipinski definition) is 0. The molecule has 1 aliphatic carbocycles. The molecule has 1 aromatic heterocycles. The molecule has 1 saturated heterocycles. The van der Waals surface area contributed by atoms with Gasteiger partial charge in [0.2, 0.25) is 0 Å². The zero-order chi connectivity index (χ0) is 26.9. The molecule has 200 valence electrons. The minimum absolute atomic E-state index is 0.0199. The van der Waals surface area contributed by atoms with Crippen molar-refractivity contribution in [2.24, 2.45) is 0 Å². The number of amides is 1. The number of carbonyl (C=O) groups is 2. The van der Waals surface area contributed by atoms with Gasteiger partial charge in [0, 0.05) is 18.3 Å². The molecule has 2 fully saturated rings. The van der Waals surface area contributed by atoms with Crippen LogP contribution in [-0.4, -0.2) is 51.9 Å². The lowest BCUT2D eigenvalue weighted by molar-refractivity contribution is -0.137. The predicted octanol–water partition coefficient (Wildman–Crippen LogP) is 3.84. The van der Waals surface area contributed by atoms with Crippen LogP contribution in [0.25, 0.3) is 0 Å². The highest BCUT2D eigenvalue weighted by Crippen LogP contribution is 2.36. The monoisotopic (exact) mass is 543 g/mol. The largest absolute Gasteiger partial charge is 0.462 e. The van der Waals surface area contributed by atoms with Gasteiger partial charge in [0.15, 0.2) is 0 Å². The Balaban J connectivity index is 1.71. The van der Waals surface area contributed by atoms with Crippen LogP contribution in [0, 0.1) is 0 Å². The minimum Gasteiger partial charge on any atom is -0.462 e. The van der Waals surface area contributed by atoms with Crippen LogP contribution in [0.3, 0.4) is 0 Å². The lowest BCUT2D eigenvalue weighted by Gasteiger charge is -2.34. The van der Waals surface area contributed by atoms with Gasteiger partial charge in [-0.1, -0.05) is 23.7 Å². The fourth-order valence-corrected chi connectivity index (χ4v) is 5.14. The maximum absolute atomic E-state index is 13.4. The zero-order valence-corrected chi connectivity index (χ0v) is 20.7. The van der Waals surface area contributed by atoms with Crippen molar-refractivity contribution in [3.8, 4) is 0 Å². The van der Waals surface area contributed by atoms with E-state index in [1.54, 1.807) is 11.8 Å². The van der Waals surface area contributed by atoms with E-state index in [0.717, 1.165) is 18.3 Å². The minimum atomic E-state index is -4.73. The van der Waals surface area contributed by atoms with Gasteiger partial charge >= 0.3 is 23.9 Å². The van der Waals surface area contributed by atoms with E-state index in [0.29, 0.717) is 43.4 Å². The lowest BCUT2D eigenvalue weighted by atomic mass is 9.90. The first kappa shape index (κ1) is 26.8. The van der Waals surface area contributed by atoms with Crippen molar-refractivity contribution in [3.05, 3.63) is 66.9 Å². The number of halogens is 4. The third-order valence-corrected chi connectivity index (χ3v) is 7.14. The average molecular weight is 544 g/mol. The molecule has 0 spiro atoms. The number of rotatable bonds is 6. The van der Waals surface area contributed by atoms with Crippen molar-refractivity contribution < 1.29 is 32.2 Å². The Morgan fingerprint density at radius 2 is 1.81 bits per heavy atom. The van der Waals surface area contributed by atoms with Crippen LogP contribution in [0.4, 0.5) is 18.0 Å². The topological polar surface area (TPSA) is 99.8 Å². The number of hydrogen-bond acceptors (Lipinski definition) is 6. The second kappa shape index (κ2) is 10.6. The molecule has 37 heavy (non-hydrogen) atoms. The fraction of sp³-hybridized carbons (Fsp3) is 0.500. The van der Waals surface area contributed by atoms with Gasteiger partial charge in [-0.3, -0.25) is 13.9 Å². The van der Waals surface area contributed by atoms with Crippen LogP contribution in [0.1, 0.15) is 60.1 Å². The van der Waals surface area contributed by atoms with Gasteiger partial charge in [-0.25, -0.2) is 14.4 Å². The average Bonchev–Trinajstić information content (AvgIpc) is 3.28. The van der Waals surface area contributed by atoms with E-state index in [4.69, 9.17) is 21.1 Å². The van der Waals surface area contributed by atoms with Crippen LogP contribution in [0.15, 0.2) is 34.0 Å². The molecule has 9 nitrogen and oxygen atoms in total. The molecule has 0 N–H and O–H groups in total. The van der Waals surface area contributed by atoms with E-state index < -0.39 is 52.1 Å². The number of cyclic esters (lactones) is 1. The van der Waals surface area contributed by atoms with Crippen LogP contribution in [-0.2, 0) is 22.2 Å². The fourth-order valence-electron chi connectivity index (χ4n) is 4.85. The van der Waals surface area contributed by atoms with Gasteiger partial charge in [0.1, 0.15) is 12.2 Å². The number of alkyl halides is 3. The number of nitrogens with zero attached hydrogens (tertiary/aromatic N) is 3. The molecular formula is C24H25ClF3N3O6. The molecule has 2 aliphatic rings. The van der Waals surface area contributed by atoms with Gasteiger partial charge in [-0.15, -0.1) is 0 Å². The molecule has 0 bridgehead atoms. The number of carbonyl (C=O) groups excluding carboxylic acids is 2. The summed E-state index contributed by atoms with van der Waals surface area (Å²) in [4.78, 5) is 52.7. The maximum atomic E-state index is 13.4. The van der Waals surface area contributed by atoms with Gasteiger partial charge in [0.05, 0.1) is 30.3 Å². The Morgan fingerprint density at radius 3 is 2.41 bits per heavy atom. The third-order valence-electron chi connectivity index (χ3n) is 6.70. The normalized spacial score (nSPS) is 20.1. The molecule has 4 rings (SSSR count). The summed E-state index contributed by atoms with van der Waals surface area (Å²) in [7, 11) is 0. The molecule has 0 unspecified atom stereocenters. The van der Waals surface area contributed by atoms with E-state index in [9.17, 15) is 32.3 Å². The second-order valence-corrected chi connectivity index (χ2v) is 9.27. The summed E-state index contributed by atoms with van der Waals surface area (Å²) >= 11 is 6.00. The molecule has 1 saturated carbocycles. The molecule has 13 heteroatoms. The van der Waals surface area contributed by atoms with Crippen LogP contribution in [0.2, 0.25) is 5.02 Å². The second-order valence-electron chi connectivity index (χ2n) is 8.89. The first-order valence-electron chi connectivity index (χ1n) is 11.8. The summed E-state index contributed by atoms with van der Waals surface area (Å²) < 4.78 is 52.0. The molecule has 1 amide bonds. The Hall–Kier alpha value is -3.28. The molecule has 2 aromatic rings. The quantitative estimate of drug-likeness (QED) is 0.513. The van der Waals surface area contributed by atoms with Crippen LogP contribution >= 0.6 is 11.6 Å². The summed E-state index contributed by atoms with van der Waals surface area (Å²) in [5, 5.41) is -0.632. The van der Waals surface area contributed by atoms with Crippen molar-refractivity contribution in [1.29, 1.82) is 0 Å². The zero-order valence-electron chi connectivity index (χ0n) is 19.9. The first-order valence-corrected chi connectivity index (χ1v) is 12.2. The molecule has 0 radical (unpaired) electrons. The van der Waals surface area contributed by atoms with Gasteiger partial charge < -0.3 is 14.4 Å². The number of ether oxygens (including phenoxy) is 2. The maximum Gasteiger partial charge on any atom is 0.417 e. The Kier molecular flexibility index (Phi) is 7.67. The summed E-state index contributed by atoms with van der Waals surface area (Å²) in [5.74, 6) is -0.946. The number of aromatic nitrogens is 2. The standard InChI is InChI=1S/C24H25ClF3N3O6/c1-2-36-21(33)17-13-30(16-8-6-15(7-9-16)29-10-11-37-23(29)35)22(34)31(20(17)32)12-14-4-3-5-18(19(14)25)24(26,27)28/h3-5,13,15-16H,2,6-12H2,1H3.